The molecule has 176 valence electrons. The minimum absolute atomic E-state index is 0.00801. The molecule has 0 aromatic heterocycles. The first-order chi connectivity index (χ1) is 15.4. The maximum Gasteiger partial charge on any atom is 0.255 e. The van der Waals surface area contributed by atoms with E-state index in [0.29, 0.717) is 48.7 Å². The molecule has 0 unspecified atom stereocenters. The fourth-order valence-electron chi connectivity index (χ4n) is 3.99. The molecule has 0 spiro atoms. The van der Waals surface area contributed by atoms with E-state index >= 15 is 0 Å². The van der Waals surface area contributed by atoms with Gasteiger partial charge in [-0.1, -0.05) is 11.6 Å². The Balaban J connectivity index is 1.63. The van der Waals surface area contributed by atoms with E-state index in [1.165, 1.54) is 12.8 Å². The number of carbonyl (C=O) groups is 3. The first-order valence-electron chi connectivity index (χ1n) is 11.4. The zero-order chi connectivity index (χ0) is 22.9. The summed E-state index contributed by atoms with van der Waals surface area (Å²) in [4.78, 5) is 42.0. The lowest BCUT2D eigenvalue weighted by atomic mass is 10.1. The quantitative estimate of drug-likeness (QED) is 0.714. The van der Waals surface area contributed by atoms with Crippen LogP contribution in [-0.4, -0.2) is 79.4 Å². The smallest absolute Gasteiger partial charge is 0.255 e. The molecular formula is C23H33ClN4O4. The van der Waals surface area contributed by atoms with Gasteiger partial charge >= 0.3 is 0 Å². The highest BCUT2D eigenvalue weighted by Crippen LogP contribution is 2.23. The Morgan fingerprint density at radius 3 is 2.69 bits per heavy atom. The van der Waals surface area contributed by atoms with Crippen molar-refractivity contribution in [2.24, 2.45) is 0 Å². The lowest BCUT2D eigenvalue weighted by Crippen LogP contribution is -2.45. The van der Waals surface area contributed by atoms with Crippen LogP contribution in [0.15, 0.2) is 18.2 Å². The van der Waals surface area contributed by atoms with Crippen LogP contribution in [0.2, 0.25) is 5.02 Å². The summed E-state index contributed by atoms with van der Waals surface area (Å²) in [6, 6.07) is 4.61. The lowest BCUT2D eigenvalue weighted by Gasteiger charge is -2.24. The molecule has 32 heavy (non-hydrogen) atoms. The predicted octanol–water partition coefficient (Wildman–Crippen LogP) is 2.06. The van der Waals surface area contributed by atoms with Crippen LogP contribution in [0.5, 0.6) is 5.75 Å². The summed E-state index contributed by atoms with van der Waals surface area (Å²) in [6.07, 6.45) is 4.16. The molecule has 9 heteroatoms. The van der Waals surface area contributed by atoms with Gasteiger partial charge in [0.1, 0.15) is 12.4 Å². The average Bonchev–Trinajstić information content (AvgIpc) is 3.28. The van der Waals surface area contributed by atoms with Gasteiger partial charge < -0.3 is 25.2 Å². The van der Waals surface area contributed by atoms with E-state index in [2.05, 4.69) is 15.5 Å². The molecule has 1 saturated heterocycles. The van der Waals surface area contributed by atoms with Crippen LogP contribution < -0.4 is 15.4 Å². The second-order valence-electron chi connectivity index (χ2n) is 8.50. The van der Waals surface area contributed by atoms with E-state index < -0.39 is 0 Å². The van der Waals surface area contributed by atoms with Crippen molar-refractivity contribution in [1.82, 2.24) is 20.4 Å². The maximum absolute atomic E-state index is 12.8. The summed E-state index contributed by atoms with van der Waals surface area (Å²) in [5, 5.41) is 6.23. The van der Waals surface area contributed by atoms with Gasteiger partial charge in [0, 0.05) is 31.1 Å². The summed E-state index contributed by atoms with van der Waals surface area (Å²) in [5.41, 5.74) is 0.365. The molecule has 3 rings (SSSR count). The number of ether oxygens (including phenoxy) is 1. The van der Waals surface area contributed by atoms with Crippen molar-refractivity contribution >= 4 is 29.3 Å². The number of hydrogen-bond donors (Lipinski definition) is 2. The minimum Gasteiger partial charge on any atom is -0.491 e. The molecule has 0 bridgehead atoms. The summed E-state index contributed by atoms with van der Waals surface area (Å²) in [7, 11) is 0. The van der Waals surface area contributed by atoms with Gasteiger partial charge in [0.05, 0.1) is 18.2 Å². The first-order valence-corrected chi connectivity index (χ1v) is 11.8. The highest BCUT2D eigenvalue weighted by molar-refractivity contribution is 6.31. The van der Waals surface area contributed by atoms with E-state index in [9.17, 15) is 14.4 Å². The molecule has 2 aliphatic rings. The van der Waals surface area contributed by atoms with Gasteiger partial charge in [0.15, 0.2) is 0 Å². The number of nitrogens with zero attached hydrogens (tertiary/aromatic N) is 2. The zero-order valence-electron chi connectivity index (χ0n) is 18.7. The van der Waals surface area contributed by atoms with E-state index in [1.54, 1.807) is 23.1 Å². The Bertz CT molecular complexity index is 813. The molecule has 2 aliphatic heterocycles. The number of benzene rings is 1. The standard InChI is InChI=1S/C23H33ClN4O4/c1-17-16-32-20-7-6-18(24)14-19(20)23(31)25-9-2-3-12-28(15-21(29)26-17)22(30)8-13-27-10-4-5-11-27/h6-7,14,17H,2-5,8-13,15-16H2,1H3,(H,25,31)(H,26,29)/t17-/m1/s1. The van der Waals surface area contributed by atoms with E-state index in [1.807, 2.05) is 6.92 Å². The Morgan fingerprint density at radius 2 is 1.91 bits per heavy atom. The molecular weight excluding hydrogens is 432 g/mol. The van der Waals surface area contributed by atoms with Gasteiger partial charge in [-0.25, -0.2) is 0 Å². The van der Waals surface area contributed by atoms with Crippen molar-refractivity contribution in [3.05, 3.63) is 28.8 Å². The number of amides is 3. The van der Waals surface area contributed by atoms with E-state index in [0.717, 1.165) is 19.6 Å². The molecule has 1 aromatic carbocycles. The molecule has 1 aromatic rings. The van der Waals surface area contributed by atoms with Crippen molar-refractivity contribution in [3.63, 3.8) is 0 Å². The molecule has 0 aliphatic carbocycles. The zero-order valence-corrected chi connectivity index (χ0v) is 19.5. The number of fused-ring (bicyclic) bond motifs is 1. The summed E-state index contributed by atoms with van der Waals surface area (Å²) in [6.45, 7) is 5.80. The van der Waals surface area contributed by atoms with Crippen LogP contribution in [0.4, 0.5) is 0 Å². The largest absolute Gasteiger partial charge is 0.491 e. The number of carbonyl (C=O) groups excluding carboxylic acids is 3. The van der Waals surface area contributed by atoms with Gasteiger partial charge in [-0.2, -0.15) is 0 Å². The molecule has 2 heterocycles. The number of halogens is 1. The normalized spacial score (nSPS) is 21.6. The van der Waals surface area contributed by atoms with Crippen LogP contribution in [0, 0.1) is 0 Å². The monoisotopic (exact) mass is 464 g/mol. The highest BCUT2D eigenvalue weighted by Gasteiger charge is 2.21. The van der Waals surface area contributed by atoms with Crippen LogP contribution in [0.25, 0.3) is 0 Å². The Morgan fingerprint density at radius 1 is 1.16 bits per heavy atom. The lowest BCUT2D eigenvalue weighted by molar-refractivity contribution is -0.136. The van der Waals surface area contributed by atoms with Gasteiger partial charge in [-0.05, 0) is 63.9 Å². The number of hydrogen-bond acceptors (Lipinski definition) is 5. The molecule has 1 atom stereocenters. The second-order valence-corrected chi connectivity index (χ2v) is 8.93. The Kier molecular flexibility index (Phi) is 9.17. The second kappa shape index (κ2) is 12.1. The fraction of sp³-hybridized carbons (Fsp3) is 0.609. The number of likely N-dealkylation sites (tertiary alicyclic amines) is 1. The highest BCUT2D eigenvalue weighted by atomic mass is 35.5. The van der Waals surface area contributed by atoms with Crippen molar-refractivity contribution in [3.8, 4) is 5.75 Å². The van der Waals surface area contributed by atoms with Crippen molar-refractivity contribution < 1.29 is 19.1 Å². The average molecular weight is 465 g/mol. The number of rotatable bonds is 3. The third-order valence-electron chi connectivity index (χ3n) is 5.75. The van der Waals surface area contributed by atoms with Gasteiger partial charge in [-0.15, -0.1) is 0 Å². The summed E-state index contributed by atoms with van der Waals surface area (Å²) < 4.78 is 5.80. The van der Waals surface area contributed by atoms with Gasteiger partial charge in [-0.3, -0.25) is 14.4 Å². The van der Waals surface area contributed by atoms with Crippen LogP contribution in [0.3, 0.4) is 0 Å². The predicted molar refractivity (Wildman–Crippen MR) is 123 cm³/mol. The van der Waals surface area contributed by atoms with Crippen molar-refractivity contribution in [1.29, 1.82) is 0 Å². The molecule has 1 fully saturated rings. The third kappa shape index (κ3) is 7.38. The summed E-state index contributed by atoms with van der Waals surface area (Å²) >= 11 is 6.06. The fourth-order valence-corrected chi connectivity index (χ4v) is 4.16. The van der Waals surface area contributed by atoms with Gasteiger partial charge in [0.2, 0.25) is 11.8 Å². The van der Waals surface area contributed by atoms with Crippen LogP contribution in [-0.2, 0) is 9.59 Å². The van der Waals surface area contributed by atoms with Crippen LogP contribution in [0.1, 0.15) is 49.4 Å². The Hall–Kier alpha value is -2.32. The van der Waals surface area contributed by atoms with E-state index in [-0.39, 0.29) is 36.9 Å². The molecule has 3 amide bonds. The molecule has 2 N–H and O–H groups in total. The minimum atomic E-state index is -0.291. The van der Waals surface area contributed by atoms with Crippen molar-refractivity contribution in [2.75, 3.05) is 45.9 Å². The number of nitrogens with one attached hydrogen (secondary N) is 2. The Labute approximate surface area is 194 Å². The maximum atomic E-state index is 12.8. The molecule has 0 radical (unpaired) electrons. The first kappa shape index (κ1) is 24.3. The SMILES string of the molecule is C[C@@H]1COc2ccc(Cl)cc2C(=O)NCCCCN(C(=O)CCN2CCCC2)CC(=O)N1. The topological polar surface area (TPSA) is 91.0 Å². The molecule has 8 nitrogen and oxygen atoms in total. The van der Waals surface area contributed by atoms with Gasteiger partial charge in [0.25, 0.3) is 5.91 Å². The van der Waals surface area contributed by atoms with E-state index in [4.69, 9.17) is 16.3 Å². The molecule has 0 saturated carbocycles. The van der Waals surface area contributed by atoms with Crippen LogP contribution >= 0.6 is 11.6 Å². The summed E-state index contributed by atoms with van der Waals surface area (Å²) in [5.74, 6) is -0.0587. The third-order valence-corrected chi connectivity index (χ3v) is 5.99. The van der Waals surface area contributed by atoms with Crippen molar-refractivity contribution in [2.45, 2.75) is 45.1 Å².